The summed E-state index contributed by atoms with van der Waals surface area (Å²) in [4.78, 5) is 14.9. The molecule has 0 saturated carbocycles. The van der Waals surface area contributed by atoms with Crippen LogP contribution in [0.5, 0.6) is 0 Å². The van der Waals surface area contributed by atoms with Gasteiger partial charge in [0.05, 0.1) is 6.20 Å². The van der Waals surface area contributed by atoms with Crippen LogP contribution in [0.1, 0.15) is 22.9 Å². The molecule has 0 aliphatic carbocycles. The standard InChI is InChI=1S/C48H30N4O2/c1-2-11-30(12-3-1)46-50-47(52-48(51-46)39-27-49-28-43-45(39)38-14-5-7-21-41(38)54-43)31-25-23-29(24-26-31)32-15-8-17-34-33(32)16-9-18-35(34)36-19-10-22-42-44(36)37-13-4-6-20-40(37)53-42/h1-28,47H,(H,50,51,52). The monoisotopic (exact) mass is 694 g/mol. The average Bonchev–Trinajstić information content (AvgIpc) is 3.82. The Hall–Kier alpha value is -7.31. The van der Waals surface area contributed by atoms with E-state index in [4.69, 9.17) is 18.8 Å². The molecule has 1 unspecified atom stereocenters. The molecule has 0 radical (unpaired) electrons. The first-order valence-corrected chi connectivity index (χ1v) is 18.0. The third-order valence-corrected chi connectivity index (χ3v) is 10.5. The van der Waals surface area contributed by atoms with Gasteiger partial charge in [-0.25, -0.2) is 9.98 Å². The smallest absolute Gasteiger partial charge is 0.169 e. The topological polar surface area (TPSA) is 75.9 Å². The van der Waals surface area contributed by atoms with E-state index in [1.54, 1.807) is 6.20 Å². The summed E-state index contributed by atoms with van der Waals surface area (Å²) in [5.74, 6) is 1.45. The summed E-state index contributed by atoms with van der Waals surface area (Å²) in [6.07, 6.45) is 3.15. The van der Waals surface area contributed by atoms with Crippen LogP contribution < -0.4 is 5.32 Å². The Kier molecular flexibility index (Phi) is 6.82. The first-order chi connectivity index (χ1) is 26.8. The van der Waals surface area contributed by atoms with Gasteiger partial charge in [0.1, 0.15) is 28.4 Å². The summed E-state index contributed by atoms with van der Waals surface area (Å²) in [7, 11) is 0. The van der Waals surface area contributed by atoms with Crippen molar-refractivity contribution in [2.75, 3.05) is 0 Å². The summed E-state index contributed by atoms with van der Waals surface area (Å²) >= 11 is 0. The lowest BCUT2D eigenvalue weighted by molar-refractivity contribution is 0.666. The molecular formula is C48H30N4O2. The van der Waals surface area contributed by atoms with Crippen molar-refractivity contribution in [3.63, 3.8) is 0 Å². The van der Waals surface area contributed by atoms with E-state index in [2.05, 4.69) is 119 Å². The zero-order chi connectivity index (χ0) is 35.6. The van der Waals surface area contributed by atoms with E-state index in [0.29, 0.717) is 5.84 Å². The van der Waals surface area contributed by atoms with Gasteiger partial charge in [-0.1, -0.05) is 140 Å². The molecule has 254 valence electrons. The van der Waals surface area contributed by atoms with E-state index in [-0.39, 0.29) is 0 Å². The number of hydrogen-bond acceptors (Lipinski definition) is 6. The van der Waals surface area contributed by atoms with E-state index in [1.807, 2.05) is 54.7 Å². The Balaban J connectivity index is 1.01. The predicted octanol–water partition coefficient (Wildman–Crippen LogP) is 11.9. The van der Waals surface area contributed by atoms with Crippen molar-refractivity contribution in [2.24, 2.45) is 9.98 Å². The fourth-order valence-electron chi connectivity index (χ4n) is 7.97. The van der Waals surface area contributed by atoms with Crippen LogP contribution in [-0.4, -0.2) is 16.7 Å². The Morgan fingerprint density at radius 1 is 0.389 bits per heavy atom. The van der Waals surface area contributed by atoms with Crippen LogP contribution in [0.4, 0.5) is 0 Å². The van der Waals surface area contributed by atoms with Crippen LogP contribution in [0.25, 0.3) is 76.9 Å². The number of para-hydroxylation sites is 2. The molecule has 3 aromatic heterocycles. The number of pyridine rings is 1. The molecule has 0 bridgehead atoms. The molecule has 0 amide bonds. The summed E-state index contributed by atoms with van der Waals surface area (Å²) in [6.45, 7) is 0. The van der Waals surface area contributed by atoms with Crippen molar-refractivity contribution in [3.8, 4) is 22.3 Å². The molecule has 4 heterocycles. The van der Waals surface area contributed by atoms with E-state index in [1.165, 1.54) is 16.3 Å². The van der Waals surface area contributed by atoms with E-state index >= 15 is 0 Å². The third-order valence-electron chi connectivity index (χ3n) is 10.5. The van der Waals surface area contributed by atoms with Gasteiger partial charge in [-0.05, 0) is 56.8 Å². The molecule has 0 saturated heterocycles. The highest BCUT2D eigenvalue weighted by molar-refractivity contribution is 6.23. The number of nitrogens with zero attached hydrogens (tertiary/aromatic N) is 3. The van der Waals surface area contributed by atoms with Crippen molar-refractivity contribution >= 4 is 66.3 Å². The molecule has 1 atom stereocenters. The highest BCUT2D eigenvalue weighted by Crippen LogP contribution is 2.41. The number of nitrogens with one attached hydrogen (secondary N) is 1. The Morgan fingerprint density at radius 3 is 1.74 bits per heavy atom. The molecule has 0 spiro atoms. The van der Waals surface area contributed by atoms with Gasteiger partial charge in [-0.3, -0.25) is 4.98 Å². The van der Waals surface area contributed by atoms with Gasteiger partial charge in [0.15, 0.2) is 11.7 Å². The number of rotatable bonds is 5. The fraction of sp³-hybridized carbons (Fsp3) is 0.0208. The Bertz CT molecular complexity index is 3140. The largest absolute Gasteiger partial charge is 0.456 e. The molecule has 10 aromatic rings. The number of aromatic nitrogens is 1. The maximum absolute atomic E-state index is 6.25. The van der Waals surface area contributed by atoms with Crippen LogP contribution in [0.3, 0.4) is 0 Å². The first-order valence-electron chi connectivity index (χ1n) is 18.0. The van der Waals surface area contributed by atoms with Gasteiger partial charge in [-0.15, -0.1) is 0 Å². The number of benzene rings is 7. The summed E-state index contributed by atoms with van der Waals surface area (Å²) in [5, 5.41) is 10.2. The number of fused-ring (bicyclic) bond motifs is 7. The van der Waals surface area contributed by atoms with Gasteiger partial charge in [-0.2, -0.15) is 0 Å². The molecule has 0 fully saturated rings. The summed E-state index contributed by atoms with van der Waals surface area (Å²) in [6, 6.07) is 54.6. The molecule has 6 nitrogen and oxygen atoms in total. The minimum atomic E-state index is -0.469. The second kappa shape index (κ2) is 12.1. The molecule has 54 heavy (non-hydrogen) atoms. The van der Waals surface area contributed by atoms with E-state index in [0.717, 1.165) is 83.1 Å². The lowest BCUT2D eigenvalue weighted by Crippen LogP contribution is -2.36. The van der Waals surface area contributed by atoms with Crippen LogP contribution in [-0.2, 0) is 0 Å². The van der Waals surface area contributed by atoms with Gasteiger partial charge in [0.2, 0.25) is 0 Å². The third kappa shape index (κ3) is 4.85. The number of hydrogen-bond donors (Lipinski definition) is 1. The molecule has 1 aliphatic heterocycles. The number of amidine groups is 2. The van der Waals surface area contributed by atoms with Crippen LogP contribution >= 0.6 is 0 Å². The zero-order valence-corrected chi connectivity index (χ0v) is 28.9. The maximum atomic E-state index is 6.25. The van der Waals surface area contributed by atoms with Crippen molar-refractivity contribution < 1.29 is 8.83 Å². The van der Waals surface area contributed by atoms with E-state index in [9.17, 15) is 0 Å². The zero-order valence-electron chi connectivity index (χ0n) is 28.9. The first kappa shape index (κ1) is 30.3. The molecule has 1 aliphatic rings. The SMILES string of the molecule is c1ccc(C2=NC(c3ccc(-c4cccc5c(-c6cccc7oc8ccccc8c67)cccc45)cc3)N=C(c3cncc4oc5ccccc5c34)N2)cc1. The van der Waals surface area contributed by atoms with Gasteiger partial charge in [0, 0.05) is 38.9 Å². The maximum Gasteiger partial charge on any atom is 0.169 e. The normalized spacial score (nSPS) is 14.5. The van der Waals surface area contributed by atoms with E-state index < -0.39 is 6.17 Å². The highest BCUT2D eigenvalue weighted by atomic mass is 16.3. The minimum absolute atomic E-state index is 0.469. The van der Waals surface area contributed by atoms with Crippen molar-refractivity contribution in [1.82, 2.24) is 10.3 Å². The van der Waals surface area contributed by atoms with Gasteiger partial charge >= 0.3 is 0 Å². The Labute approximate surface area is 309 Å². The molecule has 11 rings (SSSR count). The second-order valence-corrected chi connectivity index (χ2v) is 13.6. The molecule has 7 aromatic carbocycles. The van der Waals surface area contributed by atoms with Crippen LogP contribution in [0.15, 0.2) is 189 Å². The lowest BCUT2D eigenvalue weighted by Gasteiger charge is -2.22. The Morgan fingerprint density at radius 2 is 0.963 bits per heavy atom. The minimum Gasteiger partial charge on any atom is -0.456 e. The number of furan rings is 2. The van der Waals surface area contributed by atoms with Crippen LogP contribution in [0.2, 0.25) is 0 Å². The predicted molar refractivity (Wildman–Crippen MR) is 219 cm³/mol. The lowest BCUT2D eigenvalue weighted by atomic mass is 9.91. The van der Waals surface area contributed by atoms with Crippen molar-refractivity contribution in [3.05, 3.63) is 187 Å². The van der Waals surface area contributed by atoms with Crippen molar-refractivity contribution in [2.45, 2.75) is 6.17 Å². The fourth-order valence-corrected chi connectivity index (χ4v) is 7.97. The quantitative estimate of drug-likeness (QED) is 0.195. The molecule has 6 heteroatoms. The molecule has 1 N–H and O–H groups in total. The van der Waals surface area contributed by atoms with Gasteiger partial charge in [0.25, 0.3) is 0 Å². The van der Waals surface area contributed by atoms with Crippen molar-refractivity contribution in [1.29, 1.82) is 0 Å². The summed E-state index contributed by atoms with van der Waals surface area (Å²) in [5.41, 5.74) is 10.8. The second-order valence-electron chi connectivity index (χ2n) is 13.6. The van der Waals surface area contributed by atoms with Crippen LogP contribution in [0, 0.1) is 0 Å². The highest BCUT2D eigenvalue weighted by Gasteiger charge is 2.24. The number of aliphatic imine (C=N–C) groups is 2. The van der Waals surface area contributed by atoms with Gasteiger partial charge < -0.3 is 14.2 Å². The molecular weight excluding hydrogens is 665 g/mol. The average molecular weight is 695 g/mol. The summed E-state index contributed by atoms with van der Waals surface area (Å²) < 4.78 is 12.4.